The SMILES string of the molecule is [N-]=[N+]=NCCCCCN.[N-]=[N+]=[N-]. The molecule has 0 amide bonds. The zero-order chi connectivity index (χ0) is 9.66. The first-order valence-electron chi connectivity index (χ1n) is 3.52. The molecule has 0 spiro atoms. The summed E-state index contributed by atoms with van der Waals surface area (Å²) in [5, 5.41) is 3.38. The topological polar surface area (TPSA) is 133 Å². The van der Waals surface area contributed by atoms with Gasteiger partial charge in [0, 0.05) is 11.5 Å². The third-order valence-corrected chi connectivity index (χ3v) is 1.03. The van der Waals surface area contributed by atoms with Crippen LogP contribution in [0.15, 0.2) is 5.11 Å². The summed E-state index contributed by atoms with van der Waals surface area (Å²) < 4.78 is 0. The van der Waals surface area contributed by atoms with Gasteiger partial charge < -0.3 is 16.8 Å². The summed E-state index contributed by atoms with van der Waals surface area (Å²) in [4.78, 5) is 4.13. The van der Waals surface area contributed by atoms with Gasteiger partial charge in [-0.05, 0) is 24.9 Å². The van der Waals surface area contributed by atoms with Crippen molar-refractivity contribution in [3.05, 3.63) is 26.4 Å². The maximum absolute atomic E-state index is 7.86. The molecule has 0 aromatic carbocycles. The molecular weight excluding hydrogens is 158 g/mol. The van der Waals surface area contributed by atoms with Gasteiger partial charge in [0.2, 0.25) is 0 Å². The monoisotopic (exact) mass is 170 g/mol. The van der Waals surface area contributed by atoms with E-state index in [1.807, 2.05) is 0 Å². The summed E-state index contributed by atoms with van der Waals surface area (Å²) >= 11 is 0. The quantitative estimate of drug-likeness (QED) is 0.288. The second-order valence-corrected chi connectivity index (χ2v) is 1.89. The van der Waals surface area contributed by atoms with Crippen LogP contribution >= 0.6 is 0 Å². The van der Waals surface area contributed by atoms with Crippen molar-refractivity contribution in [1.82, 2.24) is 0 Å². The van der Waals surface area contributed by atoms with Crippen molar-refractivity contribution in [3.63, 3.8) is 0 Å². The molecule has 0 aliphatic rings. The maximum Gasteiger partial charge on any atom is 0.0257 e. The molecule has 0 aromatic heterocycles. The van der Waals surface area contributed by atoms with Gasteiger partial charge in [0.05, 0.1) is 0 Å². The van der Waals surface area contributed by atoms with Crippen molar-refractivity contribution in [2.45, 2.75) is 19.3 Å². The Kier molecular flexibility index (Phi) is 17.9. The van der Waals surface area contributed by atoms with E-state index in [1.54, 1.807) is 0 Å². The fraction of sp³-hybridized carbons (Fsp3) is 1.00. The summed E-state index contributed by atoms with van der Waals surface area (Å²) in [6.45, 7) is 1.34. The Hall–Kier alpha value is -1.42. The van der Waals surface area contributed by atoms with Crippen molar-refractivity contribution < 1.29 is 0 Å². The van der Waals surface area contributed by atoms with Gasteiger partial charge in [-0.25, -0.2) is 0 Å². The highest BCUT2D eigenvalue weighted by Crippen LogP contribution is 1.92. The first-order chi connectivity index (χ1) is 5.83. The fourth-order valence-electron chi connectivity index (χ4n) is 0.548. The van der Waals surface area contributed by atoms with Crippen molar-refractivity contribution in [2.75, 3.05) is 13.1 Å². The molecular formula is C5H12N7-. The van der Waals surface area contributed by atoms with Crippen LogP contribution in [-0.4, -0.2) is 13.1 Å². The molecule has 68 valence electrons. The fourth-order valence-corrected chi connectivity index (χ4v) is 0.548. The number of hydrogen-bond acceptors (Lipinski definition) is 2. The Morgan fingerprint density at radius 2 is 1.67 bits per heavy atom. The van der Waals surface area contributed by atoms with Gasteiger partial charge in [0.1, 0.15) is 0 Å². The summed E-state index contributed by atoms with van der Waals surface area (Å²) in [5.74, 6) is 0. The second-order valence-electron chi connectivity index (χ2n) is 1.89. The van der Waals surface area contributed by atoms with Gasteiger partial charge >= 0.3 is 0 Å². The number of nitrogens with zero attached hydrogens (tertiary/aromatic N) is 6. The molecule has 0 atom stereocenters. The van der Waals surface area contributed by atoms with Crippen LogP contribution in [0.1, 0.15) is 19.3 Å². The molecule has 0 saturated carbocycles. The van der Waals surface area contributed by atoms with Crippen LogP contribution < -0.4 is 5.73 Å². The van der Waals surface area contributed by atoms with E-state index in [0.29, 0.717) is 6.54 Å². The van der Waals surface area contributed by atoms with Crippen LogP contribution in [0.3, 0.4) is 0 Å². The minimum atomic E-state index is 0.608. The van der Waals surface area contributed by atoms with E-state index in [9.17, 15) is 0 Å². The molecule has 0 rings (SSSR count). The predicted octanol–water partition coefficient (Wildman–Crippen LogP) is 2.29. The van der Waals surface area contributed by atoms with Gasteiger partial charge in [-0.15, -0.1) is 0 Å². The van der Waals surface area contributed by atoms with Crippen LogP contribution in [-0.2, 0) is 0 Å². The van der Waals surface area contributed by atoms with Crippen LogP contribution in [0.4, 0.5) is 0 Å². The van der Waals surface area contributed by atoms with Gasteiger partial charge in [-0.3, -0.25) is 4.91 Å². The molecule has 0 unspecified atom stereocenters. The zero-order valence-electron chi connectivity index (χ0n) is 6.80. The van der Waals surface area contributed by atoms with Crippen LogP contribution in [0.5, 0.6) is 0 Å². The normalized spacial score (nSPS) is 7.08. The molecule has 12 heavy (non-hydrogen) atoms. The van der Waals surface area contributed by atoms with Crippen molar-refractivity contribution in [3.8, 4) is 0 Å². The largest absolute Gasteiger partial charge is 0.373 e. The van der Waals surface area contributed by atoms with Crippen molar-refractivity contribution in [1.29, 1.82) is 0 Å². The standard InChI is InChI=1S/C5H12N4.N3/c6-4-2-1-3-5-8-9-7;1-3-2/h1-6H2;/q;-1. The number of azide groups is 1. The first-order valence-corrected chi connectivity index (χ1v) is 3.52. The minimum Gasteiger partial charge on any atom is -0.373 e. The molecule has 7 nitrogen and oxygen atoms in total. The molecule has 0 saturated heterocycles. The van der Waals surface area contributed by atoms with Crippen molar-refractivity contribution >= 4 is 0 Å². The number of rotatable bonds is 5. The van der Waals surface area contributed by atoms with Crippen LogP contribution in [0.25, 0.3) is 26.4 Å². The van der Waals surface area contributed by atoms with Gasteiger partial charge in [0.15, 0.2) is 0 Å². The van der Waals surface area contributed by atoms with Gasteiger partial charge in [-0.2, -0.15) is 0 Å². The Balaban J connectivity index is 0. The Labute approximate surface area is 70.6 Å². The van der Waals surface area contributed by atoms with Crippen molar-refractivity contribution in [2.24, 2.45) is 10.8 Å². The average molecular weight is 170 g/mol. The second kappa shape index (κ2) is 16.3. The first kappa shape index (κ1) is 13.2. The third-order valence-electron chi connectivity index (χ3n) is 1.03. The molecule has 0 aliphatic heterocycles. The molecule has 0 radical (unpaired) electrons. The summed E-state index contributed by atoms with van der Waals surface area (Å²) in [5.41, 5.74) is 26.6. The third kappa shape index (κ3) is 23.5. The van der Waals surface area contributed by atoms with Gasteiger partial charge in [-0.1, -0.05) is 11.5 Å². The van der Waals surface area contributed by atoms with E-state index in [1.165, 1.54) is 4.91 Å². The van der Waals surface area contributed by atoms with E-state index in [4.69, 9.17) is 22.3 Å². The van der Waals surface area contributed by atoms with Crippen LogP contribution in [0.2, 0.25) is 0 Å². The highest BCUT2D eigenvalue weighted by molar-refractivity contribution is 4.47. The number of unbranched alkanes of at least 4 members (excludes halogenated alkanes) is 2. The maximum atomic E-state index is 7.86. The summed E-state index contributed by atoms with van der Waals surface area (Å²) in [6.07, 6.45) is 3.05. The minimum absolute atomic E-state index is 0.608. The van der Waals surface area contributed by atoms with Crippen LogP contribution in [0, 0.1) is 0 Å². The molecule has 0 fully saturated rings. The highest BCUT2D eigenvalue weighted by Gasteiger charge is 1.83. The Morgan fingerprint density at radius 3 is 2.08 bits per heavy atom. The zero-order valence-corrected chi connectivity index (χ0v) is 6.80. The van der Waals surface area contributed by atoms with Gasteiger partial charge in [0.25, 0.3) is 0 Å². The molecule has 7 heteroatoms. The summed E-state index contributed by atoms with van der Waals surface area (Å²) in [7, 11) is 0. The molecule has 0 heterocycles. The number of nitrogens with two attached hydrogens (primary N) is 1. The lowest BCUT2D eigenvalue weighted by Gasteiger charge is -1.91. The average Bonchev–Trinajstić information content (AvgIpc) is 2.06. The Bertz CT molecular complexity index is 153. The Morgan fingerprint density at radius 1 is 1.08 bits per heavy atom. The van der Waals surface area contributed by atoms with E-state index in [-0.39, 0.29) is 0 Å². The lowest BCUT2D eigenvalue weighted by Crippen LogP contribution is -1.97. The number of hydrogen-bond donors (Lipinski definition) is 1. The van der Waals surface area contributed by atoms with E-state index in [0.717, 1.165) is 25.8 Å². The molecule has 0 aliphatic carbocycles. The lowest BCUT2D eigenvalue weighted by molar-refractivity contribution is 0.693. The van der Waals surface area contributed by atoms with E-state index < -0.39 is 0 Å². The molecule has 0 aromatic rings. The molecule has 0 bridgehead atoms. The van der Waals surface area contributed by atoms with E-state index >= 15 is 0 Å². The van der Waals surface area contributed by atoms with E-state index in [2.05, 4.69) is 10.0 Å². The lowest BCUT2D eigenvalue weighted by atomic mass is 10.2. The highest BCUT2D eigenvalue weighted by atomic mass is 15.1. The molecule has 2 N–H and O–H groups in total. The smallest absolute Gasteiger partial charge is 0.0257 e. The predicted molar refractivity (Wildman–Crippen MR) is 47.0 cm³/mol. The summed E-state index contributed by atoms with van der Waals surface area (Å²) in [6, 6.07) is 0.